The number of halogens is 1. The minimum atomic E-state index is -0.142. The molecule has 1 atom stereocenters. The van der Waals surface area contributed by atoms with Gasteiger partial charge in [0.2, 0.25) is 0 Å². The summed E-state index contributed by atoms with van der Waals surface area (Å²) in [5.74, 6) is 0.682. The van der Waals surface area contributed by atoms with Crippen molar-refractivity contribution in [2.24, 2.45) is 5.92 Å². The summed E-state index contributed by atoms with van der Waals surface area (Å²) in [4.78, 5) is 0. The number of nitrogens with one attached hydrogen (secondary N) is 1. The molecule has 1 rings (SSSR count). The molecular weight excluding hydrogens is 249 g/mol. The van der Waals surface area contributed by atoms with Gasteiger partial charge in [-0.1, -0.05) is 58.6 Å². The predicted octanol–water partition coefficient (Wildman–Crippen LogP) is 5.47. The predicted molar refractivity (Wildman–Crippen MR) is 85.4 cm³/mol. The van der Waals surface area contributed by atoms with Crippen molar-refractivity contribution in [2.45, 2.75) is 65.3 Å². The molecule has 1 unspecified atom stereocenters. The Bertz CT molecular complexity index is 362. The molecule has 0 saturated carbocycles. The van der Waals surface area contributed by atoms with Gasteiger partial charge in [0.15, 0.2) is 0 Å². The second-order valence-corrected chi connectivity index (χ2v) is 6.07. The average Bonchev–Trinajstić information content (AvgIpc) is 2.41. The molecule has 0 fully saturated rings. The molecule has 0 amide bonds. The number of hydrogen-bond donors (Lipinski definition) is 1. The normalized spacial score (nSPS) is 12.8. The summed E-state index contributed by atoms with van der Waals surface area (Å²) in [5.41, 5.74) is 1.06. The van der Waals surface area contributed by atoms with Crippen LogP contribution in [0.2, 0.25) is 0 Å². The Hall–Kier alpha value is -0.890. The van der Waals surface area contributed by atoms with E-state index in [1.54, 1.807) is 12.1 Å². The molecule has 1 N–H and O–H groups in total. The van der Waals surface area contributed by atoms with Crippen molar-refractivity contribution in [3.05, 3.63) is 35.6 Å². The Kier molecular flexibility index (Phi) is 8.52. The van der Waals surface area contributed by atoms with Gasteiger partial charge >= 0.3 is 0 Å². The van der Waals surface area contributed by atoms with E-state index in [4.69, 9.17) is 0 Å². The van der Waals surface area contributed by atoms with Crippen molar-refractivity contribution < 1.29 is 4.39 Å². The first kappa shape index (κ1) is 17.2. The minimum absolute atomic E-state index is 0.142. The van der Waals surface area contributed by atoms with Crippen LogP contribution in [0.1, 0.15) is 70.9 Å². The first-order valence-electron chi connectivity index (χ1n) is 8.12. The third kappa shape index (κ3) is 7.04. The highest BCUT2D eigenvalue weighted by Gasteiger charge is 2.08. The Morgan fingerprint density at radius 2 is 1.85 bits per heavy atom. The van der Waals surface area contributed by atoms with Gasteiger partial charge in [0.05, 0.1) is 0 Å². The van der Waals surface area contributed by atoms with E-state index in [9.17, 15) is 4.39 Å². The van der Waals surface area contributed by atoms with E-state index < -0.39 is 0 Å². The lowest BCUT2D eigenvalue weighted by Gasteiger charge is -2.17. The smallest absolute Gasteiger partial charge is 0.123 e. The molecule has 0 aliphatic carbocycles. The number of hydrogen-bond acceptors (Lipinski definition) is 1. The van der Waals surface area contributed by atoms with Gasteiger partial charge in [-0.25, -0.2) is 4.39 Å². The highest BCUT2D eigenvalue weighted by Crippen LogP contribution is 2.17. The van der Waals surface area contributed by atoms with Crippen LogP contribution in [0.5, 0.6) is 0 Å². The van der Waals surface area contributed by atoms with Crippen molar-refractivity contribution in [1.82, 2.24) is 5.32 Å². The molecule has 0 radical (unpaired) electrons. The van der Waals surface area contributed by atoms with Crippen LogP contribution in [-0.2, 0) is 0 Å². The third-order valence-corrected chi connectivity index (χ3v) is 3.76. The topological polar surface area (TPSA) is 12.0 Å². The molecule has 1 nitrogen and oxygen atoms in total. The Labute approximate surface area is 124 Å². The third-order valence-electron chi connectivity index (χ3n) is 3.76. The highest BCUT2D eigenvalue weighted by molar-refractivity contribution is 5.19. The summed E-state index contributed by atoms with van der Waals surface area (Å²) in [6, 6.07) is 7.23. The van der Waals surface area contributed by atoms with Crippen molar-refractivity contribution in [1.29, 1.82) is 0 Å². The van der Waals surface area contributed by atoms with Crippen molar-refractivity contribution in [2.75, 3.05) is 6.54 Å². The lowest BCUT2D eigenvalue weighted by molar-refractivity contribution is 0.479. The molecule has 114 valence electrons. The van der Waals surface area contributed by atoms with E-state index in [1.807, 2.05) is 6.07 Å². The summed E-state index contributed by atoms with van der Waals surface area (Å²) >= 11 is 0. The lowest BCUT2D eigenvalue weighted by Crippen LogP contribution is -2.22. The van der Waals surface area contributed by atoms with E-state index in [-0.39, 0.29) is 11.9 Å². The van der Waals surface area contributed by atoms with E-state index >= 15 is 0 Å². The zero-order valence-corrected chi connectivity index (χ0v) is 13.3. The molecular formula is C18H30FN. The molecule has 0 spiro atoms. The summed E-state index contributed by atoms with van der Waals surface area (Å²) in [5, 5.41) is 3.55. The fourth-order valence-electron chi connectivity index (χ4n) is 2.53. The second kappa shape index (κ2) is 9.93. The van der Waals surface area contributed by atoms with E-state index in [2.05, 4.69) is 26.1 Å². The molecule has 1 aromatic carbocycles. The van der Waals surface area contributed by atoms with Gasteiger partial charge in [0.1, 0.15) is 5.82 Å². The van der Waals surface area contributed by atoms with Crippen LogP contribution in [0.3, 0.4) is 0 Å². The Balaban J connectivity index is 2.19. The zero-order chi connectivity index (χ0) is 14.8. The van der Waals surface area contributed by atoms with Crippen molar-refractivity contribution >= 4 is 0 Å². The number of rotatable bonds is 10. The first-order chi connectivity index (χ1) is 9.63. The average molecular weight is 279 g/mol. The molecule has 2 heteroatoms. The van der Waals surface area contributed by atoms with Gasteiger partial charge in [-0.15, -0.1) is 0 Å². The van der Waals surface area contributed by atoms with E-state index in [0.29, 0.717) is 0 Å². The Morgan fingerprint density at radius 3 is 2.50 bits per heavy atom. The minimum Gasteiger partial charge on any atom is -0.310 e. The quantitative estimate of drug-likeness (QED) is 0.560. The summed E-state index contributed by atoms with van der Waals surface area (Å²) in [6.07, 6.45) is 7.52. The molecule has 0 heterocycles. The van der Waals surface area contributed by atoms with Gasteiger partial charge in [-0.05, 0) is 43.0 Å². The fourth-order valence-corrected chi connectivity index (χ4v) is 2.53. The molecule has 0 aromatic heterocycles. The summed E-state index contributed by atoms with van der Waals surface area (Å²) in [7, 11) is 0. The van der Waals surface area contributed by atoms with Gasteiger partial charge in [0.25, 0.3) is 0 Å². The molecule has 20 heavy (non-hydrogen) atoms. The highest BCUT2D eigenvalue weighted by atomic mass is 19.1. The van der Waals surface area contributed by atoms with Crippen molar-refractivity contribution in [3.63, 3.8) is 0 Å². The van der Waals surface area contributed by atoms with Crippen LogP contribution >= 0.6 is 0 Å². The van der Waals surface area contributed by atoms with Crippen LogP contribution in [0.15, 0.2) is 24.3 Å². The summed E-state index contributed by atoms with van der Waals surface area (Å²) in [6.45, 7) is 7.74. The Morgan fingerprint density at radius 1 is 1.10 bits per heavy atom. The maximum absolute atomic E-state index is 13.2. The zero-order valence-electron chi connectivity index (χ0n) is 13.3. The van der Waals surface area contributed by atoms with E-state index in [1.165, 1.54) is 38.2 Å². The number of unbranched alkanes of at least 4 members (excludes halogenated alkanes) is 3. The molecule has 0 bridgehead atoms. The van der Waals surface area contributed by atoms with Crippen LogP contribution in [0.4, 0.5) is 4.39 Å². The second-order valence-electron chi connectivity index (χ2n) is 6.07. The molecule has 0 aliphatic heterocycles. The van der Waals surface area contributed by atoms with Gasteiger partial charge in [0, 0.05) is 6.04 Å². The van der Waals surface area contributed by atoms with Gasteiger partial charge in [-0.2, -0.15) is 0 Å². The van der Waals surface area contributed by atoms with Crippen LogP contribution in [0, 0.1) is 11.7 Å². The maximum atomic E-state index is 13.2. The monoisotopic (exact) mass is 279 g/mol. The fraction of sp³-hybridized carbons (Fsp3) is 0.667. The van der Waals surface area contributed by atoms with Crippen LogP contribution < -0.4 is 5.32 Å². The molecule has 0 aliphatic rings. The largest absolute Gasteiger partial charge is 0.310 e. The maximum Gasteiger partial charge on any atom is 0.123 e. The summed E-state index contributed by atoms with van der Waals surface area (Å²) < 4.78 is 13.2. The molecule has 0 saturated heterocycles. The van der Waals surface area contributed by atoms with Gasteiger partial charge in [-0.3, -0.25) is 0 Å². The SMILES string of the molecule is CCC(NCCCCCCC(C)C)c1cccc(F)c1. The van der Waals surface area contributed by atoms with E-state index in [0.717, 1.165) is 24.4 Å². The lowest BCUT2D eigenvalue weighted by atomic mass is 10.0. The van der Waals surface area contributed by atoms with Crippen molar-refractivity contribution in [3.8, 4) is 0 Å². The number of benzene rings is 1. The standard InChI is InChI=1S/C18H30FN/c1-4-18(16-11-9-12-17(19)14-16)20-13-8-6-5-7-10-15(2)3/h9,11-12,14-15,18,20H,4-8,10,13H2,1-3H3. The van der Waals surface area contributed by atoms with Crippen LogP contribution in [-0.4, -0.2) is 6.54 Å². The molecule has 1 aromatic rings. The first-order valence-corrected chi connectivity index (χ1v) is 8.12. The van der Waals surface area contributed by atoms with Gasteiger partial charge < -0.3 is 5.32 Å². The van der Waals surface area contributed by atoms with Crippen LogP contribution in [0.25, 0.3) is 0 Å².